The molecular weight excluding hydrogens is 374 g/mol. The van der Waals surface area contributed by atoms with Gasteiger partial charge >= 0.3 is 0 Å². The molecule has 2 unspecified atom stereocenters. The van der Waals surface area contributed by atoms with E-state index in [1.807, 2.05) is 23.9 Å². The predicted octanol–water partition coefficient (Wildman–Crippen LogP) is 4.38. The van der Waals surface area contributed by atoms with Crippen LogP contribution < -0.4 is 0 Å². The van der Waals surface area contributed by atoms with Crippen molar-refractivity contribution in [3.05, 3.63) is 64.7 Å². The number of fused-ring (bicyclic) bond motifs is 1. The normalized spacial score (nSPS) is 24.2. The minimum Gasteiger partial charge on any atom is -0.207 e. The van der Waals surface area contributed by atoms with E-state index in [1.165, 1.54) is 11.1 Å². The number of hydrogen-bond donors (Lipinski definition) is 0. The fraction of sp³-hybridized carbons (Fsp3) is 0.368. The average Bonchev–Trinajstić information content (AvgIpc) is 3.15. The maximum absolute atomic E-state index is 13.4. The topological polar surface area (TPSA) is 37.4 Å². The lowest BCUT2D eigenvalue weighted by Crippen LogP contribution is -2.43. The molecule has 25 heavy (non-hydrogen) atoms. The number of rotatable bonds is 3. The Morgan fingerprint density at radius 3 is 2.56 bits per heavy atom. The van der Waals surface area contributed by atoms with Crippen LogP contribution in [0.25, 0.3) is 0 Å². The van der Waals surface area contributed by atoms with Gasteiger partial charge in [-0.3, -0.25) is 0 Å². The van der Waals surface area contributed by atoms with E-state index in [1.54, 1.807) is 28.6 Å². The Labute approximate surface area is 158 Å². The van der Waals surface area contributed by atoms with Crippen LogP contribution in [0.15, 0.2) is 53.4 Å². The van der Waals surface area contributed by atoms with Crippen LogP contribution in [0.2, 0.25) is 5.02 Å². The molecule has 0 saturated carbocycles. The molecule has 2 heterocycles. The van der Waals surface area contributed by atoms with Crippen LogP contribution in [0, 0.1) is 5.92 Å². The van der Waals surface area contributed by atoms with Crippen molar-refractivity contribution in [3.8, 4) is 0 Å². The predicted molar refractivity (Wildman–Crippen MR) is 104 cm³/mol. The summed E-state index contributed by atoms with van der Waals surface area (Å²) in [7, 11) is -3.54. The standard InChI is InChI=1S/C19H20ClNO2S2/c20-16-5-7-17(8-6-16)25(22,23)21-11-9-14-3-1-2-4-18(14)19(21)15-10-12-24-13-15/h1-8,15,19H,9-13H2. The molecule has 2 aliphatic rings. The Hall–Kier alpha value is -1.01. The fourth-order valence-corrected chi connectivity index (χ4v) is 6.96. The fourth-order valence-electron chi connectivity index (χ4n) is 3.88. The third kappa shape index (κ3) is 3.23. The molecule has 2 aromatic rings. The Balaban J connectivity index is 1.78. The second kappa shape index (κ2) is 6.95. The third-order valence-corrected chi connectivity index (χ3v) is 8.45. The van der Waals surface area contributed by atoms with E-state index in [2.05, 4.69) is 12.1 Å². The molecule has 1 saturated heterocycles. The molecule has 6 heteroatoms. The lowest BCUT2D eigenvalue weighted by atomic mass is 9.86. The average molecular weight is 394 g/mol. The molecule has 0 radical (unpaired) electrons. The SMILES string of the molecule is O=S(=O)(c1ccc(Cl)cc1)N1CCc2ccccc2C1C1CCSC1. The summed E-state index contributed by atoms with van der Waals surface area (Å²) < 4.78 is 28.4. The van der Waals surface area contributed by atoms with E-state index >= 15 is 0 Å². The highest BCUT2D eigenvalue weighted by atomic mass is 35.5. The summed E-state index contributed by atoms with van der Waals surface area (Å²) in [6.45, 7) is 0.536. The molecule has 2 atom stereocenters. The molecule has 0 N–H and O–H groups in total. The highest BCUT2D eigenvalue weighted by molar-refractivity contribution is 7.99. The van der Waals surface area contributed by atoms with Crippen molar-refractivity contribution >= 4 is 33.4 Å². The monoisotopic (exact) mass is 393 g/mol. The smallest absolute Gasteiger partial charge is 0.207 e. The summed E-state index contributed by atoms with van der Waals surface area (Å²) in [5.41, 5.74) is 2.46. The maximum atomic E-state index is 13.4. The zero-order chi connectivity index (χ0) is 17.4. The van der Waals surface area contributed by atoms with Gasteiger partial charge in [-0.05, 0) is 65.7 Å². The molecule has 0 amide bonds. The van der Waals surface area contributed by atoms with E-state index < -0.39 is 10.0 Å². The highest BCUT2D eigenvalue weighted by Gasteiger charge is 2.41. The van der Waals surface area contributed by atoms with Gasteiger partial charge in [-0.15, -0.1) is 0 Å². The molecule has 4 rings (SSSR count). The molecule has 0 aromatic heterocycles. The van der Waals surface area contributed by atoms with Gasteiger partial charge in [0.15, 0.2) is 0 Å². The summed E-state index contributed by atoms with van der Waals surface area (Å²) in [5, 5.41) is 0.548. The van der Waals surface area contributed by atoms with Crippen molar-refractivity contribution in [3.63, 3.8) is 0 Å². The van der Waals surface area contributed by atoms with Gasteiger partial charge in [-0.1, -0.05) is 35.9 Å². The number of halogens is 1. The third-order valence-electron chi connectivity index (χ3n) is 5.12. The van der Waals surface area contributed by atoms with Crippen LogP contribution >= 0.6 is 23.4 Å². The van der Waals surface area contributed by atoms with Gasteiger partial charge in [-0.2, -0.15) is 16.1 Å². The van der Waals surface area contributed by atoms with Crippen molar-refractivity contribution < 1.29 is 8.42 Å². The van der Waals surface area contributed by atoms with Crippen molar-refractivity contribution in [1.29, 1.82) is 0 Å². The lowest BCUT2D eigenvalue weighted by molar-refractivity contribution is 0.240. The van der Waals surface area contributed by atoms with Gasteiger partial charge in [0, 0.05) is 11.6 Å². The molecular formula is C19H20ClNO2S2. The van der Waals surface area contributed by atoms with Gasteiger partial charge in [0.05, 0.1) is 10.9 Å². The Kier molecular flexibility index (Phi) is 4.84. The van der Waals surface area contributed by atoms with E-state index in [0.717, 1.165) is 24.3 Å². The van der Waals surface area contributed by atoms with Crippen molar-refractivity contribution in [2.45, 2.75) is 23.8 Å². The first-order valence-electron chi connectivity index (χ1n) is 8.50. The maximum Gasteiger partial charge on any atom is 0.243 e. The minimum atomic E-state index is -3.54. The van der Waals surface area contributed by atoms with Gasteiger partial charge in [0.1, 0.15) is 0 Å². The quantitative estimate of drug-likeness (QED) is 0.776. The number of thioether (sulfide) groups is 1. The van der Waals surface area contributed by atoms with Crippen LogP contribution in [0.5, 0.6) is 0 Å². The Morgan fingerprint density at radius 1 is 1.08 bits per heavy atom. The summed E-state index contributed by atoms with van der Waals surface area (Å²) in [4.78, 5) is 0.326. The van der Waals surface area contributed by atoms with Gasteiger partial charge in [0.25, 0.3) is 0 Å². The van der Waals surface area contributed by atoms with Crippen LogP contribution in [0.4, 0.5) is 0 Å². The molecule has 3 nitrogen and oxygen atoms in total. The molecule has 0 bridgehead atoms. The Bertz CT molecular complexity index is 861. The zero-order valence-corrected chi connectivity index (χ0v) is 16.2. The van der Waals surface area contributed by atoms with Crippen LogP contribution in [0.3, 0.4) is 0 Å². The first-order valence-corrected chi connectivity index (χ1v) is 11.5. The van der Waals surface area contributed by atoms with Crippen molar-refractivity contribution in [1.82, 2.24) is 4.31 Å². The number of benzene rings is 2. The summed E-state index contributed by atoms with van der Waals surface area (Å²) >= 11 is 7.86. The van der Waals surface area contributed by atoms with Crippen LogP contribution in [0.1, 0.15) is 23.6 Å². The zero-order valence-electron chi connectivity index (χ0n) is 13.8. The van der Waals surface area contributed by atoms with Crippen molar-refractivity contribution in [2.75, 3.05) is 18.1 Å². The molecule has 132 valence electrons. The Morgan fingerprint density at radius 2 is 1.84 bits per heavy atom. The minimum absolute atomic E-state index is 0.0689. The van der Waals surface area contributed by atoms with Crippen LogP contribution in [-0.2, 0) is 16.4 Å². The van der Waals surface area contributed by atoms with E-state index in [-0.39, 0.29) is 6.04 Å². The van der Waals surface area contributed by atoms with E-state index in [0.29, 0.717) is 22.4 Å². The van der Waals surface area contributed by atoms with E-state index in [9.17, 15) is 8.42 Å². The lowest BCUT2D eigenvalue weighted by Gasteiger charge is -2.39. The largest absolute Gasteiger partial charge is 0.243 e. The van der Waals surface area contributed by atoms with Gasteiger partial charge < -0.3 is 0 Å². The molecule has 2 aliphatic heterocycles. The second-order valence-electron chi connectivity index (χ2n) is 6.59. The first kappa shape index (κ1) is 17.4. The second-order valence-corrected chi connectivity index (χ2v) is 10.1. The van der Waals surface area contributed by atoms with E-state index in [4.69, 9.17) is 11.6 Å². The number of nitrogens with zero attached hydrogens (tertiary/aromatic N) is 1. The van der Waals surface area contributed by atoms with Crippen LogP contribution in [-0.4, -0.2) is 30.8 Å². The number of sulfonamides is 1. The van der Waals surface area contributed by atoms with Gasteiger partial charge in [-0.25, -0.2) is 8.42 Å². The van der Waals surface area contributed by atoms with Gasteiger partial charge in [0.2, 0.25) is 10.0 Å². The molecule has 2 aromatic carbocycles. The summed E-state index contributed by atoms with van der Waals surface area (Å²) in [5.74, 6) is 2.50. The summed E-state index contributed by atoms with van der Waals surface area (Å²) in [6, 6.07) is 14.7. The molecule has 1 fully saturated rings. The number of hydrogen-bond acceptors (Lipinski definition) is 3. The highest BCUT2D eigenvalue weighted by Crippen LogP contribution is 2.43. The molecule has 0 spiro atoms. The summed E-state index contributed by atoms with van der Waals surface area (Å²) in [6.07, 6.45) is 1.83. The molecule has 0 aliphatic carbocycles. The van der Waals surface area contributed by atoms with Crippen molar-refractivity contribution in [2.24, 2.45) is 5.92 Å². The first-order chi connectivity index (χ1) is 12.1.